The van der Waals surface area contributed by atoms with E-state index in [0.717, 1.165) is 11.7 Å². The molecule has 0 unspecified atom stereocenters. The third-order valence-corrected chi connectivity index (χ3v) is 3.18. The zero-order valence-electron chi connectivity index (χ0n) is 9.61. The summed E-state index contributed by atoms with van der Waals surface area (Å²) in [6.07, 6.45) is 6.55. The number of hydrazine groups is 1. The topological polar surface area (TPSA) is 75.9 Å². The van der Waals surface area contributed by atoms with E-state index >= 15 is 0 Å². The predicted octanol–water partition coefficient (Wildman–Crippen LogP) is 1.75. The molecule has 1 saturated carbocycles. The average molecular weight is 221 g/mol. The Morgan fingerprint density at radius 1 is 1.19 bits per heavy atom. The van der Waals surface area contributed by atoms with Gasteiger partial charge in [-0.25, -0.2) is 15.8 Å². The molecule has 1 aliphatic carbocycles. The third-order valence-electron chi connectivity index (χ3n) is 3.18. The lowest BCUT2D eigenvalue weighted by atomic mass is 9.87. The third kappa shape index (κ3) is 2.82. The molecule has 0 amide bonds. The van der Waals surface area contributed by atoms with Crippen LogP contribution in [-0.4, -0.2) is 16.0 Å². The predicted molar refractivity (Wildman–Crippen MR) is 64.9 cm³/mol. The van der Waals surface area contributed by atoms with E-state index in [4.69, 9.17) is 5.84 Å². The van der Waals surface area contributed by atoms with Crippen LogP contribution in [0.5, 0.6) is 0 Å². The molecule has 5 heteroatoms. The molecule has 0 saturated heterocycles. The maximum atomic E-state index is 5.30. The molecule has 0 aliphatic heterocycles. The molecule has 4 N–H and O–H groups in total. The number of hydrogen-bond acceptors (Lipinski definition) is 5. The van der Waals surface area contributed by atoms with Crippen LogP contribution in [0.2, 0.25) is 0 Å². The normalized spacial score (nSPS) is 25.1. The van der Waals surface area contributed by atoms with Gasteiger partial charge in [-0.15, -0.1) is 0 Å². The molecule has 0 atom stereocenters. The Labute approximate surface area is 95.8 Å². The Hall–Kier alpha value is -1.36. The molecule has 1 aromatic heterocycles. The van der Waals surface area contributed by atoms with Crippen LogP contribution in [0, 0.1) is 5.92 Å². The van der Waals surface area contributed by atoms with Gasteiger partial charge in [0.25, 0.3) is 0 Å². The summed E-state index contributed by atoms with van der Waals surface area (Å²) in [4.78, 5) is 8.16. The lowest BCUT2D eigenvalue weighted by Crippen LogP contribution is -2.25. The van der Waals surface area contributed by atoms with E-state index in [0.29, 0.717) is 11.9 Å². The fraction of sp³-hybridized carbons (Fsp3) is 0.636. The number of rotatable bonds is 3. The first-order valence-electron chi connectivity index (χ1n) is 5.83. The van der Waals surface area contributed by atoms with Crippen molar-refractivity contribution in [3.05, 3.63) is 12.4 Å². The number of nitrogens with zero attached hydrogens (tertiary/aromatic N) is 2. The van der Waals surface area contributed by atoms with Crippen molar-refractivity contribution >= 4 is 11.6 Å². The van der Waals surface area contributed by atoms with Crippen LogP contribution in [0.15, 0.2) is 12.4 Å². The number of aromatic nitrogens is 2. The van der Waals surface area contributed by atoms with E-state index in [1.165, 1.54) is 32.0 Å². The van der Waals surface area contributed by atoms with Gasteiger partial charge in [-0.3, -0.25) is 0 Å². The molecule has 0 radical (unpaired) electrons. The zero-order valence-corrected chi connectivity index (χ0v) is 9.61. The number of nitrogens with two attached hydrogens (primary N) is 1. The number of nitrogen functional groups attached to an aromatic ring is 1. The van der Waals surface area contributed by atoms with Crippen molar-refractivity contribution in [2.24, 2.45) is 11.8 Å². The molecule has 2 rings (SSSR count). The van der Waals surface area contributed by atoms with Gasteiger partial charge < -0.3 is 10.7 Å². The van der Waals surface area contributed by atoms with Gasteiger partial charge in [-0.2, -0.15) is 0 Å². The smallest absolute Gasteiger partial charge is 0.145 e. The summed E-state index contributed by atoms with van der Waals surface area (Å²) in [5.74, 6) is 7.66. The first kappa shape index (κ1) is 11.1. The summed E-state index contributed by atoms with van der Waals surface area (Å²) < 4.78 is 0. The Morgan fingerprint density at radius 3 is 2.56 bits per heavy atom. The van der Waals surface area contributed by atoms with Crippen LogP contribution >= 0.6 is 0 Å². The summed E-state index contributed by atoms with van der Waals surface area (Å²) in [7, 11) is 0. The molecule has 1 aliphatic rings. The van der Waals surface area contributed by atoms with E-state index in [1.54, 1.807) is 0 Å². The maximum Gasteiger partial charge on any atom is 0.145 e. The van der Waals surface area contributed by atoms with Crippen molar-refractivity contribution in [2.75, 3.05) is 10.7 Å². The van der Waals surface area contributed by atoms with Crippen LogP contribution in [0.4, 0.5) is 11.6 Å². The van der Waals surface area contributed by atoms with Crippen molar-refractivity contribution < 1.29 is 0 Å². The molecular formula is C11H19N5. The van der Waals surface area contributed by atoms with Gasteiger partial charge >= 0.3 is 0 Å². The maximum absolute atomic E-state index is 5.30. The molecule has 1 aromatic rings. The van der Waals surface area contributed by atoms with Gasteiger partial charge in [0.1, 0.15) is 18.0 Å². The van der Waals surface area contributed by atoms with Gasteiger partial charge in [0.2, 0.25) is 0 Å². The number of nitrogens with one attached hydrogen (secondary N) is 2. The second kappa shape index (κ2) is 5.12. The standard InChI is InChI=1S/C11H19N5/c1-8-2-4-9(5-3-8)15-10-6-11(16-12)14-7-13-10/h6-9H,2-5,12H2,1H3,(H2,13,14,15,16). The van der Waals surface area contributed by atoms with Gasteiger partial charge in [0, 0.05) is 12.1 Å². The fourth-order valence-corrected chi connectivity index (χ4v) is 2.13. The van der Waals surface area contributed by atoms with Crippen LogP contribution in [0.3, 0.4) is 0 Å². The van der Waals surface area contributed by atoms with Crippen molar-refractivity contribution in [1.29, 1.82) is 0 Å². The fourth-order valence-electron chi connectivity index (χ4n) is 2.13. The molecule has 1 heterocycles. The van der Waals surface area contributed by atoms with Gasteiger partial charge in [0.05, 0.1) is 0 Å². The van der Waals surface area contributed by atoms with Crippen LogP contribution < -0.4 is 16.6 Å². The highest BCUT2D eigenvalue weighted by Gasteiger charge is 2.18. The van der Waals surface area contributed by atoms with Crippen LogP contribution in [0.1, 0.15) is 32.6 Å². The Morgan fingerprint density at radius 2 is 1.88 bits per heavy atom. The summed E-state index contributed by atoms with van der Waals surface area (Å²) >= 11 is 0. The molecule has 0 spiro atoms. The summed E-state index contributed by atoms with van der Waals surface area (Å²) in [5, 5.41) is 3.43. The summed E-state index contributed by atoms with van der Waals surface area (Å²) in [6.45, 7) is 2.32. The highest BCUT2D eigenvalue weighted by atomic mass is 15.3. The second-order valence-electron chi connectivity index (χ2n) is 4.53. The second-order valence-corrected chi connectivity index (χ2v) is 4.53. The number of anilines is 2. The van der Waals surface area contributed by atoms with Crippen molar-refractivity contribution in [2.45, 2.75) is 38.6 Å². The minimum Gasteiger partial charge on any atom is -0.367 e. The van der Waals surface area contributed by atoms with E-state index in [-0.39, 0.29) is 0 Å². The van der Waals surface area contributed by atoms with Crippen molar-refractivity contribution in [1.82, 2.24) is 9.97 Å². The van der Waals surface area contributed by atoms with E-state index < -0.39 is 0 Å². The Balaban J connectivity index is 1.93. The first-order chi connectivity index (χ1) is 7.78. The van der Waals surface area contributed by atoms with Crippen molar-refractivity contribution in [3.63, 3.8) is 0 Å². The van der Waals surface area contributed by atoms with Gasteiger partial charge in [-0.05, 0) is 31.6 Å². The quantitative estimate of drug-likeness (QED) is 0.535. The van der Waals surface area contributed by atoms with Gasteiger partial charge in [0.15, 0.2) is 0 Å². The highest BCUT2D eigenvalue weighted by molar-refractivity contribution is 5.46. The van der Waals surface area contributed by atoms with E-state index in [2.05, 4.69) is 27.6 Å². The molecule has 88 valence electrons. The van der Waals surface area contributed by atoms with E-state index in [1.807, 2.05) is 6.07 Å². The Bertz CT molecular complexity index is 333. The Kier molecular flexibility index (Phi) is 3.56. The van der Waals surface area contributed by atoms with E-state index in [9.17, 15) is 0 Å². The molecule has 16 heavy (non-hydrogen) atoms. The highest BCUT2D eigenvalue weighted by Crippen LogP contribution is 2.25. The lowest BCUT2D eigenvalue weighted by molar-refractivity contribution is 0.361. The number of hydrogen-bond donors (Lipinski definition) is 3. The van der Waals surface area contributed by atoms with Gasteiger partial charge in [-0.1, -0.05) is 6.92 Å². The lowest BCUT2D eigenvalue weighted by Gasteiger charge is -2.27. The SMILES string of the molecule is CC1CCC(Nc2cc(NN)ncn2)CC1. The molecule has 0 bridgehead atoms. The first-order valence-corrected chi connectivity index (χ1v) is 5.83. The molecule has 1 fully saturated rings. The molecule has 0 aromatic carbocycles. The van der Waals surface area contributed by atoms with Crippen LogP contribution in [0.25, 0.3) is 0 Å². The van der Waals surface area contributed by atoms with Crippen LogP contribution in [-0.2, 0) is 0 Å². The minimum atomic E-state index is 0.539. The molecule has 5 nitrogen and oxygen atoms in total. The average Bonchev–Trinajstić information content (AvgIpc) is 2.32. The summed E-state index contributed by atoms with van der Waals surface area (Å²) in [5.41, 5.74) is 2.52. The minimum absolute atomic E-state index is 0.539. The monoisotopic (exact) mass is 221 g/mol. The summed E-state index contributed by atoms with van der Waals surface area (Å²) in [6, 6.07) is 2.37. The van der Waals surface area contributed by atoms with Crippen molar-refractivity contribution in [3.8, 4) is 0 Å². The zero-order chi connectivity index (χ0) is 11.4. The molecular weight excluding hydrogens is 202 g/mol. The largest absolute Gasteiger partial charge is 0.367 e.